The second kappa shape index (κ2) is 15.1. The first-order valence-electron chi connectivity index (χ1n) is 21.2. The Kier molecular flexibility index (Phi) is 8.83. The number of nitrogens with zero attached hydrogens (tertiary/aromatic N) is 5. The fourth-order valence-electron chi connectivity index (χ4n) is 9.31. The van der Waals surface area contributed by atoms with Gasteiger partial charge in [0.25, 0.3) is 0 Å². The van der Waals surface area contributed by atoms with Crippen molar-refractivity contribution >= 4 is 53.6 Å². The van der Waals surface area contributed by atoms with E-state index in [0.717, 1.165) is 49.7 Å². The first-order valence-corrected chi connectivity index (χ1v) is 22.8. The lowest BCUT2D eigenvalue weighted by Gasteiger charge is -2.42. The quantitative estimate of drug-likeness (QED) is 0.153. The van der Waals surface area contributed by atoms with Crippen molar-refractivity contribution < 1.29 is 0 Å². The molecular formula is C57H39N5S. The molecule has 0 fully saturated rings. The van der Waals surface area contributed by atoms with E-state index in [2.05, 4.69) is 209 Å². The van der Waals surface area contributed by atoms with Gasteiger partial charge >= 0.3 is 0 Å². The highest BCUT2D eigenvalue weighted by molar-refractivity contribution is 8.34. The van der Waals surface area contributed by atoms with E-state index in [0.29, 0.717) is 17.6 Å². The van der Waals surface area contributed by atoms with Crippen molar-refractivity contribution in [1.82, 2.24) is 24.1 Å². The van der Waals surface area contributed by atoms with E-state index >= 15 is 0 Å². The van der Waals surface area contributed by atoms with E-state index in [1.807, 2.05) is 36.4 Å². The lowest BCUT2D eigenvalue weighted by molar-refractivity contribution is 0.953. The molecule has 12 aromatic rings. The van der Waals surface area contributed by atoms with Gasteiger partial charge in [-0.1, -0.05) is 152 Å². The van der Waals surface area contributed by atoms with Crippen molar-refractivity contribution in [1.29, 1.82) is 0 Å². The second-order valence-corrected chi connectivity index (χ2v) is 18.8. The van der Waals surface area contributed by atoms with Crippen LogP contribution < -0.4 is 0 Å². The predicted molar refractivity (Wildman–Crippen MR) is 259 cm³/mol. The highest BCUT2D eigenvalue weighted by Gasteiger charge is 2.34. The summed E-state index contributed by atoms with van der Waals surface area (Å²) in [6, 6.07) is 84.8. The molecule has 5 nitrogen and oxygen atoms in total. The van der Waals surface area contributed by atoms with Crippen LogP contribution in [0.4, 0.5) is 0 Å². The van der Waals surface area contributed by atoms with Gasteiger partial charge in [0.15, 0.2) is 11.6 Å². The van der Waals surface area contributed by atoms with Gasteiger partial charge < -0.3 is 4.57 Å². The van der Waals surface area contributed by atoms with Crippen molar-refractivity contribution in [2.45, 2.75) is 19.6 Å². The fourth-order valence-corrected chi connectivity index (χ4v) is 13.2. The molecule has 0 saturated carbocycles. The summed E-state index contributed by atoms with van der Waals surface area (Å²) >= 11 is 0. The van der Waals surface area contributed by atoms with Gasteiger partial charge in [0, 0.05) is 57.9 Å². The number of aromatic nitrogens is 5. The summed E-state index contributed by atoms with van der Waals surface area (Å²) in [5.74, 6) is 1.79. The number of rotatable bonds is 8. The topological polar surface area (TPSA) is 48.5 Å². The van der Waals surface area contributed by atoms with Crippen LogP contribution in [0.25, 0.3) is 78.0 Å². The van der Waals surface area contributed by atoms with Gasteiger partial charge in [-0.25, -0.2) is 4.98 Å². The molecule has 3 heterocycles. The van der Waals surface area contributed by atoms with E-state index in [1.165, 1.54) is 30.4 Å². The molecule has 0 unspecified atom stereocenters. The molecule has 0 saturated heterocycles. The molecule has 298 valence electrons. The van der Waals surface area contributed by atoms with Crippen molar-refractivity contribution in [3.8, 4) is 34.4 Å². The van der Waals surface area contributed by atoms with Crippen molar-refractivity contribution in [2.24, 2.45) is 0 Å². The predicted octanol–water partition coefficient (Wildman–Crippen LogP) is 14.7. The van der Waals surface area contributed by atoms with Crippen LogP contribution in [-0.4, -0.2) is 24.1 Å². The summed E-state index contributed by atoms with van der Waals surface area (Å²) in [7, 11) is -1.98. The largest absolute Gasteiger partial charge is 0.309 e. The SMILES string of the molecule is c1ccc(-c2nc(-c3ccccc3)nc(-n3c4ccc(S(c5ccccc5)(c5ccccc5)c5ccccc5)cc4c4cc5c6ccccc6n(-c6ccccc6)c5cc43)n2)cc1. The number of para-hydroxylation sites is 2. The molecule has 0 radical (unpaired) electrons. The molecule has 0 aliphatic carbocycles. The minimum atomic E-state index is -1.98. The van der Waals surface area contributed by atoms with Crippen LogP contribution in [0.1, 0.15) is 0 Å². The van der Waals surface area contributed by atoms with E-state index in [-0.39, 0.29) is 0 Å². The summed E-state index contributed by atoms with van der Waals surface area (Å²) in [5, 5.41) is 4.64. The summed E-state index contributed by atoms with van der Waals surface area (Å²) < 4.78 is 4.64. The Morgan fingerprint density at radius 1 is 0.286 bits per heavy atom. The van der Waals surface area contributed by atoms with Crippen molar-refractivity contribution in [3.05, 3.63) is 237 Å². The van der Waals surface area contributed by atoms with Gasteiger partial charge in [-0.2, -0.15) is 9.97 Å². The molecule has 0 spiro atoms. The van der Waals surface area contributed by atoms with Gasteiger partial charge in [-0.05, 0) is 84.9 Å². The normalized spacial score (nSPS) is 12.1. The van der Waals surface area contributed by atoms with Gasteiger partial charge in [-0.15, -0.1) is 10.0 Å². The summed E-state index contributed by atoms with van der Waals surface area (Å²) in [6.07, 6.45) is 0. The number of fused-ring (bicyclic) bond motifs is 6. The van der Waals surface area contributed by atoms with E-state index in [9.17, 15) is 0 Å². The second-order valence-electron chi connectivity index (χ2n) is 15.7. The van der Waals surface area contributed by atoms with Crippen LogP contribution in [-0.2, 0) is 0 Å². The Hall–Kier alpha value is -8.06. The summed E-state index contributed by atoms with van der Waals surface area (Å²) in [4.78, 5) is 20.8. The third kappa shape index (κ3) is 5.98. The fraction of sp³-hybridized carbons (Fsp3) is 0. The van der Waals surface area contributed by atoms with E-state index < -0.39 is 10.0 Å². The lowest BCUT2D eigenvalue weighted by atomic mass is 10.1. The first kappa shape index (κ1) is 36.8. The molecule has 0 bridgehead atoms. The monoisotopic (exact) mass is 825 g/mol. The zero-order chi connectivity index (χ0) is 41.7. The van der Waals surface area contributed by atoms with E-state index in [4.69, 9.17) is 15.0 Å². The molecule has 0 aliphatic heterocycles. The van der Waals surface area contributed by atoms with Gasteiger partial charge in [-0.3, -0.25) is 4.57 Å². The molecule has 12 rings (SSSR count). The molecule has 6 heteroatoms. The van der Waals surface area contributed by atoms with Crippen LogP contribution in [0.3, 0.4) is 0 Å². The molecule has 0 amide bonds. The maximum Gasteiger partial charge on any atom is 0.238 e. The van der Waals surface area contributed by atoms with Gasteiger partial charge in [0.2, 0.25) is 5.95 Å². The molecule has 63 heavy (non-hydrogen) atoms. The minimum absolute atomic E-state index is 0.560. The number of hydrogen-bond acceptors (Lipinski definition) is 3. The maximum atomic E-state index is 5.33. The standard InChI is InChI=1S/C57H39N5S/c1-7-21-40(22-8-1)55-58-56(41-23-9-2-10-24-41)60-57(59-55)62-52-36-35-46(63(43-27-13-4-14-28-43,44-29-15-5-16-30-44)45-31-17-6-18-32-45)37-48(52)50-38-49-47-33-19-20-34-51(47)61(53(49)39-54(50)62)42-25-11-3-12-26-42/h1-39H. The smallest absolute Gasteiger partial charge is 0.238 e. The highest BCUT2D eigenvalue weighted by Crippen LogP contribution is 2.73. The van der Waals surface area contributed by atoms with Gasteiger partial charge in [0.1, 0.15) is 0 Å². The Labute approximate surface area is 366 Å². The number of benzene rings is 9. The van der Waals surface area contributed by atoms with Crippen molar-refractivity contribution in [3.63, 3.8) is 0 Å². The first-order chi connectivity index (χ1) is 31.3. The maximum absolute atomic E-state index is 5.33. The third-order valence-corrected chi connectivity index (χ3v) is 16.0. The Balaban J connectivity index is 1.23. The van der Waals surface area contributed by atoms with Crippen LogP contribution in [0, 0.1) is 0 Å². The molecule has 0 N–H and O–H groups in total. The molecular weight excluding hydrogens is 787 g/mol. The Bertz CT molecular complexity index is 3440. The molecule has 3 aromatic heterocycles. The Morgan fingerprint density at radius 2 is 0.714 bits per heavy atom. The minimum Gasteiger partial charge on any atom is -0.309 e. The summed E-state index contributed by atoms with van der Waals surface area (Å²) in [6.45, 7) is 0. The lowest BCUT2D eigenvalue weighted by Crippen LogP contribution is -2.07. The third-order valence-electron chi connectivity index (χ3n) is 12.1. The zero-order valence-electron chi connectivity index (χ0n) is 34.2. The van der Waals surface area contributed by atoms with Gasteiger partial charge in [0.05, 0.1) is 22.1 Å². The number of hydrogen-bond donors (Lipinski definition) is 0. The molecule has 9 aromatic carbocycles. The zero-order valence-corrected chi connectivity index (χ0v) is 35.0. The summed E-state index contributed by atoms with van der Waals surface area (Å²) in [5.41, 5.74) is 7.25. The molecule has 0 aliphatic rings. The average Bonchev–Trinajstić information content (AvgIpc) is 3.86. The van der Waals surface area contributed by atoms with Crippen LogP contribution >= 0.6 is 10.0 Å². The van der Waals surface area contributed by atoms with Crippen LogP contribution in [0.15, 0.2) is 256 Å². The van der Waals surface area contributed by atoms with E-state index in [1.54, 1.807) is 0 Å². The molecule has 0 atom stereocenters. The highest BCUT2D eigenvalue weighted by atomic mass is 32.3. The van der Waals surface area contributed by atoms with Crippen LogP contribution in [0.5, 0.6) is 0 Å². The average molecular weight is 826 g/mol. The van der Waals surface area contributed by atoms with Crippen LogP contribution in [0.2, 0.25) is 0 Å². The Morgan fingerprint density at radius 3 is 1.27 bits per heavy atom. The van der Waals surface area contributed by atoms with Crippen molar-refractivity contribution in [2.75, 3.05) is 0 Å².